The third-order valence-corrected chi connectivity index (χ3v) is 6.65. The lowest BCUT2D eigenvalue weighted by Crippen LogP contribution is -2.36. The van der Waals surface area contributed by atoms with Gasteiger partial charge < -0.3 is 24.8 Å². The molecule has 0 aliphatic carbocycles. The number of methoxy groups -OCH3 is 1. The Morgan fingerprint density at radius 2 is 1.89 bits per heavy atom. The lowest BCUT2D eigenvalue weighted by molar-refractivity contribution is 0.122. The molecule has 3 N–H and O–H groups in total. The number of ether oxygens (including phenoxy) is 3. The first-order chi connectivity index (χ1) is 16.8. The molecule has 0 spiro atoms. The summed E-state index contributed by atoms with van der Waals surface area (Å²) in [7, 11) is 1.53. The van der Waals surface area contributed by atoms with Crippen molar-refractivity contribution < 1.29 is 14.2 Å². The van der Waals surface area contributed by atoms with Crippen molar-refractivity contribution in [1.29, 1.82) is 5.41 Å². The van der Waals surface area contributed by atoms with E-state index < -0.39 is 6.10 Å². The minimum absolute atomic E-state index is 0.222. The smallest absolute Gasteiger partial charge is 0.162 e. The average molecular weight is 516 g/mol. The second-order valence-corrected chi connectivity index (χ2v) is 8.93. The molecular weight excluding hydrogens is 489 g/mol. The summed E-state index contributed by atoms with van der Waals surface area (Å²) >= 11 is 12.8. The predicted molar refractivity (Wildman–Crippen MR) is 139 cm³/mol. The maximum atomic E-state index is 8.79. The van der Waals surface area contributed by atoms with Gasteiger partial charge in [-0.15, -0.1) is 0 Å². The van der Waals surface area contributed by atoms with E-state index in [0.29, 0.717) is 62.8 Å². The average Bonchev–Trinajstić information content (AvgIpc) is 2.87. The Labute approximate surface area is 214 Å². The molecule has 1 aromatic carbocycles. The highest BCUT2D eigenvalue weighted by molar-refractivity contribution is 6.36. The number of nitrogens with one attached hydrogen (secondary N) is 1. The van der Waals surface area contributed by atoms with Crippen LogP contribution in [0.5, 0.6) is 11.5 Å². The van der Waals surface area contributed by atoms with Crippen molar-refractivity contribution in [2.24, 2.45) is 0 Å². The highest BCUT2D eigenvalue weighted by Gasteiger charge is 2.22. The minimum Gasteiger partial charge on any atom is -0.493 e. The molecule has 1 saturated heterocycles. The molecule has 184 valence electrons. The summed E-state index contributed by atoms with van der Waals surface area (Å²) in [4.78, 5) is 10.9. The molecule has 0 bridgehead atoms. The molecule has 0 saturated carbocycles. The minimum atomic E-state index is -0.509. The van der Waals surface area contributed by atoms with Crippen LogP contribution in [0.3, 0.4) is 0 Å². The summed E-state index contributed by atoms with van der Waals surface area (Å²) in [6, 6.07) is 7.11. The Kier molecular flexibility index (Phi) is 7.64. The summed E-state index contributed by atoms with van der Waals surface area (Å²) < 4.78 is 17.1. The number of pyridine rings is 2. The van der Waals surface area contributed by atoms with E-state index >= 15 is 0 Å². The van der Waals surface area contributed by atoms with Crippen LogP contribution in [0, 0.1) is 12.3 Å². The van der Waals surface area contributed by atoms with E-state index in [1.54, 1.807) is 31.5 Å². The molecule has 10 heteroatoms. The molecule has 35 heavy (non-hydrogen) atoms. The van der Waals surface area contributed by atoms with Gasteiger partial charge in [-0.3, -0.25) is 10.4 Å². The standard InChI is InChI=1S/C25H27Cl2N5O3/c1-14-24(27)23(18(26)13-30-14)15(2)35-21-10-17(19(28)11-20(21)33-3)25(29)16-4-5-22(31-12-16)32-6-8-34-9-7-32/h4-5,10-13,15,29H,6-9,28H2,1-3H3/t15-/m1/s1. The molecule has 3 aromatic rings. The van der Waals surface area contributed by atoms with Gasteiger partial charge in [-0.05, 0) is 32.0 Å². The summed E-state index contributed by atoms with van der Waals surface area (Å²) in [6.45, 7) is 6.58. The maximum Gasteiger partial charge on any atom is 0.162 e. The number of anilines is 2. The van der Waals surface area contributed by atoms with Gasteiger partial charge in [0.25, 0.3) is 0 Å². The topological polar surface area (TPSA) is 107 Å². The SMILES string of the molecule is COc1cc(N)c(C(=N)c2ccc(N3CCOCC3)nc2)cc1O[C@H](C)c1c(Cl)cnc(C)c1Cl. The van der Waals surface area contributed by atoms with E-state index in [1.165, 1.54) is 7.11 Å². The van der Waals surface area contributed by atoms with Gasteiger partial charge in [-0.2, -0.15) is 0 Å². The fraction of sp³-hybridized carbons (Fsp3) is 0.320. The number of aryl methyl sites for hydroxylation is 1. The second-order valence-electron chi connectivity index (χ2n) is 8.15. The quantitative estimate of drug-likeness (QED) is 0.333. The zero-order chi connectivity index (χ0) is 25.1. The van der Waals surface area contributed by atoms with Crippen LogP contribution in [0.25, 0.3) is 0 Å². The van der Waals surface area contributed by atoms with Gasteiger partial charge in [0.2, 0.25) is 0 Å². The van der Waals surface area contributed by atoms with Crippen LogP contribution in [-0.2, 0) is 4.74 Å². The summed E-state index contributed by atoms with van der Waals surface area (Å²) in [5, 5.41) is 9.64. The van der Waals surface area contributed by atoms with Crippen LogP contribution >= 0.6 is 23.2 Å². The maximum absolute atomic E-state index is 8.79. The Bertz CT molecular complexity index is 1230. The highest BCUT2D eigenvalue weighted by atomic mass is 35.5. The normalized spacial score (nSPS) is 14.5. The number of benzene rings is 1. The molecule has 4 rings (SSSR count). The van der Waals surface area contributed by atoms with Crippen LogP contribution in [0.1, 0.15) is 35.4 Å². The van der Waals surface area contributed by atoms with E-state index in [2.05, 4.69) is 14.9 Å². The molecule has 2 aromatic heterocycles. The van der Waals surface area contributed by atoms with Gasteiger partial charge in [0.05, 0.1) is 41.8 Å². The summed E-state index contributed by atoms with van der Waals surface area (Å²) in [6.07, 6.45) is 2.72. The monoisotopic (exact) mass is 515 g/mol. The van der Waals surface area contributed by atoms with Crippen LogP contribution in [-0.4, -0.2) is 49.1 Å². The van der Waals surface area contributed by atoms with E-state index in [4.69, 9.17) is 48.6 Å². The predicted octanol–water partition coefficient (Wildman–Crippen LogP) is 5.08. The van der Waals surface area contributed by atoms with Crippen LogP contribution in [0.4, 0.5) is 11.5 Å². The Hall–Kier alpha value is -3.07. The molecular formula is C25H27Cl2N5O3. The number of rotatable bonds is 7. The van der Waals surface area contributed by atoms with Crippen LogP contribution in [0.15, 0.2) is 36.7 Å². The number of nitrogens with two attached hydrogens (primary N) is 1. The first-order valence-electron chi connectivity index (χ1n) is 11.1. The first-order valence-corrected chi connectivity index (χ1v) is 11.9. The molecule has 0 radical (unpaired) electrons. The van der Waals surface area contributed by atoms with Crippen molar-refractivity contribution >= 4 is 40.4 Å². The molecule has 1 aliphatic heterocycles. The van der Waals surface area contributed by atoms with Gasteiger partial charge in [0.15, 0.2) is 11.5 Å². The first kappa shape index (κ1) is 25.0. The van der Waals surface area contributed by atoms with Gasteiger partial charge in [0.1, 0.15) is 11.9 Å². The lowest BCUT2D eigenvalue weighted by atomic mass is 10.0. The van der Waals surface area contributed by atoms with Gasteiger partial charge in [-0.25, -0.2) is 4.98 Å². The van der Waals surface area contributed by atoms with E-state index in [-0.39, 0.29) is 5.71 Å². The molecule has 3 heterocycles. The molecule has 1 atom stereocenters. The van der Waals surface area contributed by atoms with E-state index in [0.717, 1.165) is 18.9 Å². The molecule has 0 amide bonds. The summed E-state index contributed by atoms with van der Waals surface area (Å²) in [5.74, 6) is 1.70. The number of hydrogen-bond donors (Lipinski definition) is 2. The number of aromatic nitrogens is 2. The third kappa shape index (κ3) is 5.29. The van der Waals surface area contributed by atoms with Crippen LogP contribution in [0.2, 0.25) is 10.0 Å². The number of morpholine rings is 1. The largest absolute Gasteiger partial charge is 0.493 e. The number of nitrogen functional groups attached to an aromatic ring is 1. The zero-order valence-corrected chi connectivity index (χ0v) is 21.3. The van der Waals surface area contributed by atoms with Crippen molar-refractivity contribution in [3.05, 3.63) is 69.1 Å². The van der Waals surface area contributed by atoms with Crippen molar-refractivity contribution in [1.82, 2.24) is 9.97 Å². The molecule has 1 aliphatic rings. The molecule has 1 fully saturated rings. The van der Waals surface area contributed by atoms with Crippen molar-refractivity contribution in [2.75, 3.05) is 44.0 Å². The molecule has 0 unspecified atom stereocenters. The van der Waals surface area contributed by atoms with Crippen molar-refractivity contribution in [2.45, 2.75) is 20.0 Å². The second kappa shape index (κ2) is 10.7. The fourth-order valence-corrected chi connectivity index (χ4v) is 4.56. The summed E-state index contributed by atoms with van der Waals surface area (Å²) in [5.41, 5.74) is 9.31. The van der Waals surface area contributed by atoms with E-state index in [9.17, 15) is 0 Å². The number of hydrogen-bond acceptors (Lipinski definition) is 8. The van der Waals surface area contributed by atoms with Crippen LogP contribution < -0.4 is 20.1 Å². The number of halogens is 2. The molecule has 8 nitrogen and oxygen atoms in total. The van der Waals surface area contributed by atoms with Gasteiger partial charge in [0, 0.05) is 53.9 Å². The Morgan fingerprint density at radius 1 is 1.14 bits per heavy atom. The van der Waals surface area contributed by atoms with Gasteiger partial charge in [-0.1, -0.05) is 23.2 Å². The Morgan fingerprint density at radius 3 is 2.54 bits per heavy atom. The highest BCUT2D eigenvalue weighted by Crippen LogP contribution is 2.39. The number of nitrogens with zero attached hydrogens (tertiary/aromatic N) is 3. The Balaban J connectivity index is 1.62. The lowest BCUT2D eigenvalue weighted by Gasteiger charge is -2.27. The van der Waals surface area contributed by atoms with E-state index in [1.807, 2.05) is 19.1 Å². The third-order valence-electron chi connectivity index (χ3n) is 5.87. The van der Waals surface area contributed by atoms with Crippen molar-refractivity contribution in [3.63, 3.8) is 0 Å². The van der Waals surface area contributed by atoms with Crippen molar-refractivity contribution in [3.8, 4) is 11.5 Å². The van der Waals surface area contributed by atoms with Gasteiger partial charge >= 0.3 is 0 Å². The fourth-order valence-electron chi connectivity index (χ4n) is 3.91. The zero-order valence-electron chi connectivity index (χ0n) is 19.8.